The Labute approximate surface area is 156 Å². The fourth-order valence-corrected chi connectivity index (χ4v) is 3.75. The average Bonchev–Trinajstić information content (AvgIpc) is 2.61. The number of hydrogen-bond donors (Lipinski definition) is 1. The van der Waals surface area contributed by atoms with Crippen molar-refractivity contribution >= 4 is 15.7 Å². The molecule has 0 spiro atoms. The molecule has 1 atom stereocenters. The van der Waals surface area contributed by atoms with Crippen molar-refractivity contribution in [1.29, 1.82) is 0 Å². The third kappa shape index (κ3) is 5.43. The Morgan fingerprint density at radius 1 is 1.00 bits per heavy atom. The first-order chi connectivity index (χ1) is 12.3. The molecule has 0 saturated heterocycles. The van der Waals surface area contributed by atoms with Gasteiger partial charge in [0.2, 0.25) is 5.91 Å². The molecular weight excluding hydrogens is 346 g/mol. The number of amides is 1. The molecule has 0 bridgehead atoms. The molecule has 2 aromatic rings. The Balaban J connectivity index is 2.10. The average molecular weight is 374 g/mol. The van der Waals surface area contributed by atoms with Gasteiger partial charge in [0, 0.05) is 18.9 Å². The van der Waals surface area contributed by atoms with Crippen LogP contribution in [0.1, 0.15) is 42.9 Å². The van der Waals surface area contributed by atoms with Crippen LogP contribution in [0.3, 0.4) is 0 Å². The molecule has 0 aliphatic carbocycles. The molecule has 26 heavy (non-hydrogen) atoms. The summed E-state index contributed by atoms with van der Waals surface area (Å²) in [5, 5.41) is 2.34. The fourth-order valence-electron chi connectivity index (χ4n) is 2.90. The summed E-state index contributed by atoms with van der Waals surface area (Å²) in [5.74, 6) is -0.225. The smallest absolute Gasteiger partial charge is 0.220 e. The molecule has 0 aliphatic rings. The van der Waals surface area contributed by atoms with Gasteiger partial charge in [-0.05, 0) is 37.5 Å². The van der Waals surface area contributed by atoms with Gasteiger partial charge in [0.15, 0.2) is 9.84 Å². The van der Waals surface area contributed by atoms with E-state index in [0.717, 1.165) is 16.7 Å². The molecule has 0 heterocycles. The lowest BCUT2D eigenvalue weighted by Crippen LogP contribution is -2.32. The first-order valence-electron chi connectivity index (χ1n) is 8.90. The maximum Gasteiger partial charge on any atom is 0.220 e. The van der Waals surface area contributed by atoms with E-state index in [2.05, 4.69) is 5.32 Å². The zero-order chi connectivity index (χ0) is 19.2. The topological polar surface area (TPSA) is 63.2 Å². The fraction of sp³-hybridized carbons (Fsp3) is 0.381. The van der Waals surface area contributed by atoms with Gasteiger partial charge in [0.1, 0.15) is 0 Å². The summed E-state index contributed by atoms with van der Waals surface area (Å²) < 4.78 is 23.7. The van der Waals surface area contributed by atoms with Crippen molar-refractivity contribution in [3.05, 3.63) is 71.3 Å². The SMILES string of the molecule is Cc1ccccc1[C@H](CC(=O)NCCS(=O)(=O)C(C)C)c1ccccc1. The van der Waals surface area contributed by atoms with Gasteiger partial charge in [-0.2, -0.15) is 0 Å². The second-order valence-electron chi connectivity index (χ2n) is 6.79. The van der Waals surface area contributed by atoms with Gasteiger partial charge in [-0.15, -0.1) is 0 Å². The summed E-state index contributed by atoms with van der Waals surface area (Å²) in [5.41, 5.74) is 3.33. The molecular formula is C21H27NO3S. The molecule has 4 nitrogen and oxygen atoms in total. The van der Waals surface area contributed by atoms with Crippen LogP contribution in [0.15, 0.2) is 54.6 Å². The Hall–Kier alpha value is -2.14. The molecule has 0 aliphatic heterocycles. The number of hydrogen-bond acceptors (Lipinski definition) is 3. The molecule has 2 aromatic carbocycles. The highest BCUT2D eigenvalue weighted by molar-refractivity contribution is 7.92. The van der Waals surface area contributed by atoms with E-state index in [1.807, 2.05) is 61.5 Å². The Kier molecular flexibility index (Phi) is 6.98. The van der Waals surface area contributed by atoms with Crippen LogP contribution in [0.25, 0.3) is 0 Å². The zero-order valence-corrected chi connectivity index (χ0v) is 16.4. The lowest BCUT2D eigenvalue weighted by atomic mass is 9.86. The van der Waals surface area contributed by atoms with Crippen LogP contribution in [0, 0.1) is 6.92 Å². The van der Waals surface area contributed by atoms with Gasteiger partial charge < -0.3 is 5.32 Å². The Bertz CT molecular complexity index is 829. The highest BCUT2D eigenvalue weighted by Gasteiger charge is 2.20. The van der Waals surface area contributed by atoms with Gasteiger partial charge in [0.25, 0.3) is 0 Å². The van der Waals surface area contributed by atoms with Crippen molar-refractivity contribution < 1.29 is 13.2 Å². The molecule has 1 amide bonds. The van der Waals surface area contributed by atoms with Crippen LogP contribution < -0.4 is 5.32 Å². The second kappa shape index (κ2) is 8.99. The third-order valence-electron chi connectivity index (χ3n) is 4.58. The third-order valence-corrected chi connectivity index (χ3v) is 6.79. The number of benzene rings is 2. The van der Waals surface area contributed by atoms with E-state index >= 15 is 0 Å². The minimum Gasteiger partial charge on any atom is -0.355 e. The first kappa shape index (κ1) is 20.2. The molecule has 0 unspecified atom stereocenters. The van der Waals surface area contributed by atoms with Crippen LogP contribution in [0.4, 0.5) is 0 Å². The maximum atomic E-state index is 12.5. The number of sulfone groups is 1. The predicted molar refractivity (Wildman–Crippen MR) is 106 cm³/mol. The van der Waals surface area contributed by atoms with Crippen LogP contribution in [0.2, 0.25) is 0 Å². The highest BCUT2D eigenvalue weighted by atomic mass is 32.2. The lowest BCUT2D eigenvalue weighted by Gasteiger charge is -2.20. The van der Waals surface area contributed by atoms with Crippen LogP contribution in [-0.2, 0) is 14.6 Å². The standard InChI is InChI=1S/C21H27NO3S/c1-16(2)26(24,25)14-13-22-21(23)15-20(18-10-5-4-6-11-18)19-12-8-7-9-17(19)3/h4-12,16,20H,13-15H2,1-3H3,(H,22,23)/t20-/m1/s1. The number of nitrogens with one attached hydrogen (secondary N) is 1. The van der Waals surface area contributed by atoms with Crippen molar-refractivity contribution in [2.75, 3.05) is 12.3 Å². The van der Waals surface area contributed by atoms with Crippen molar-refractivity contribution in [2.24, 2.45) is 0 Å². The quantitative estimate of drug-likeness (QED) is 0.771. The van der Waals surface area contributed by atoms with E-state index < -0.39 is 15.1 Å². The molecule has 0 radical (unpaired) electrons. The number of aryl methyl sites for hydroxylation is 1. The zero-order valence-electron chi connectivity index (χ0n) is 15.6. The van der Waals surface area contributed by atoms with Gasteiger partial charge in [-0.1, -0.05) is 54.6 Å². The number of carbonyl (C=O) groups is 1. The summed E-state index contributed by atoms with van der Waals surface area (Å²) in [6, 6.07) is 18.0. The molecule has 1 N–H and O–H groups in total. The summed E-state index contributed by atoms with van der Waals surface area (Å²) >= 11 is 0. The van der Waals surface area contributed by atoms with Crippen molar-refractivity contribution in [3.63, 3.8) is 0 Å². The normalized spacial score (nSPS) is 12.8. The lowest BCUT2D eigenvalue weighted by molar-refractivity contribution is -0.121. The van der Waals surface area contributed by atoms with Crippen molar-refractivity contribution in [1.82, 2.24) is 5.32 Å². The molecule has 0 saturated carbocycles. The van der Waals surface area contributed by atoms with Gasteiger partial charge in [-0.3, -0.25) is 4.79 Å². The minimum absolute atomic E-state index is 0.0310. The van der Waals surface area contributed by atoms with E-state index in [1.165, 1.54) is 0 Å². The Morgan fingerprint density at radius 2 is 1.62 bits per heavy atom. The predicted octanol–water partition coefficient (Wildman–Crippen LogP) is 3.46. The molecule has 0 fully saturated rings. The van der Waals surface area contributed by atoms with Crippen LogP contribution in [0.5, 0.6) is 0 Å². The molecule has 140 valence electrons. The monoisotopic (exact) mass is 373 g/mol. The summed E-state index contributed by atoms with van der Waals surface area (Å²) in [4.78, 5) is 12.5. The van der Waals surface area contributed by atoms with Crippen molar-refractivity contribution in [2.45, 2.75) is 38.4 Å². The van der Waals surface area contributed by atoms with Gasteiger partial charge in [-0.25, -0.2) is 8.42 Å². The van der Waals surface area contributed by atoms with E-state index in [-0.39, 0.29) is 30.5 Å². The summed E-state index contributed by atoms with van der Waals surface area (Å²) in [7, 11) is -3.15. The van der Waals surface area contributed by atoms with E-state index in [0.29, 0.717) is 0 Å². The second-order valence-corrected chi connectivity index (χ2v) is 9.47. The highest BCUT2D eigenvalue weighted by Crippen LogP contribution is 2.30. The molecule has 5 heteroatoms. The van der Waals surface area contributed by atoms with Gasteiger partial charge in [0.05, 0.1) is 11.0 Å². The minimum atomic E-state index is -3.15. The molecule has 2 rings (SSSR count). The van der Waals surface area contributed by atoms with Crippen molar-refractivity contribution in [3.8, 4) is 0 Å². The maximum absolute atomic E-state index is 12.5. The van der Waals surface area contributed by atoms with E-state index in [1.54, 1.807) is 13.8 Å². The largest absolute Gasteiger partial charge is 0.355 e. The summed E-state index contributed by atoms with van der Waals surface area (Å²) in [6.45, 7) is 5.49. The Morgan fingerprint density at radius 3 is 2.23 bits per heavy atom. The summed E-state index contributed by atoms with van der Waals surface area (Å²) in [6.07, 6.45) is 0.288. The van der Waals surface area contributed by atoms with E-state index in [9.17, 15) is 13.2 Å². The van der Waals surface area contributed by atoms with Crippen LogP contribution in [-0.4, -0.2) is 31.9 Å². The number of carbonyl (C=O) groups excluding carboxylic acids is 1. The van der Waals surface area contributed by atoms with Gasteiger partial charge >= 0.3 is 0 Å². The van der Waals surface area contributed by atoms with Crippen LogP contribution >= 0.6 is 0 Å². The molecule has 0 aromatic heterocycles. The number of rotatable bonds is 8. The first-order valence-corrected chi connectivity index (χ1v) is 10.6. The van der Waals surface area contributed by atoms with E-state index in [4.69, 9.17) is 0 Å².